The van der Waals surface area contributed by atoms with Gasteiger partial charge in [-0.1, -0.05) is 11.6 Å². The molecule has 4 aromatic heterocycles. The Morgan fingerprint density at radius 3 is 2.57 bits per heavy atom. The first-order valence-electron chi connectivity index (χ1n) is 10.7. The zero-order valence-corrected chi connectivity index (χ0v) is 19.7. The zero-order valence-electron chi connectivity index (χ0n) is 19.0. The fourth-order valence-corrected chi connectivity index (χ4v) is 3.81. The third-order valence-electron chi connectivity index (χ3n) is 5.43. The second-order valence-electron chi connectivity index (χ2n) is 7.86. The molecule has 35 heavy (non-hydrogen) atoms. The highest BCUT2D eigenvalue weighted by atomic mass is 35.5. The normalized spacial score (nSPS) is 11.8. The van der Waals surface area contributed by atoms with Crippen LogP contribution in [-0.4, -0.2) is 36.5 Å². The molecule has 0 aliphatic rings. The minimum Gasteiger partial charge on any atom is -0.457 e. The smallest absolute Gasteiger partial charge is 0.312 e. The van der Waals surface area contributed by atoms with Crippen molar-refractivity contribution in [3.05, 3.63) is 94.7 Å². The Hall–Kier alpha value is -3.98. The maximum absolute atomic E-state index is 13.5. The SMILES string of the molecule is C[C@@H](OC(=O)Cc1c(-c2ccc(C(=O)Cc3ccncc3)cn2)cnn1C)c1cc(F)cnc1Cl. The molecule has 4 heterocycles. The van der Waals surface area contributed by atoms with Crippen LogP contribution in [-0.2, 0) is 29.4 Å². The fourth-order valence-electron chi connectivity index (χ4n) is 3.56. The topological polar surface area (TPSA) is 99.9 Å². The standard InChI is InChI=1S/C25H21ClFN5O3/c1-15(19-10-18(27)13-30-25(19)26)35-24(34)11-22-20(14-31-32(22)2)21-4-3-17(12-29-21)23(33)9-16-5-7-28-8-6-16/h3-8,10,12-15H,9,11H2,1-2H3/t15-/m1/s1. The van der Waals surface area contributed by atoms with Crippen LogP contribution < -0.4 is 0 Å². The van der Waals surface area contributed by atoms with Crippen molar-refractivity contribution >= 4 is 23.4 Å². The van der Waals surface area contributed by atoms with Crippen LogP contribution in [0.5, 0.6) is 0 Å². The van der Waals surface area contributed by atoms with E-state index in [9.17, 15) is 14.0 Å². The first-order chi connectivity index (χ1) is 16.8. The number of aromatic nitrogens is 5. The molecular formula is C25H21ClFN5O3. The lowest BCUT2D eigenvalue weighted by Gasteiger charge is -2.15. The number of pyridine rings is 3. The van der Waals surface area contributed by atoms with Crippen molar-refractivity contribution in [3.8, 4) is 11.3 Å². The highest BCUT2D eigenvalue weighted by Crippen LogP contribution is 2.26. The Morgan fingerprint density at radius 1 is 1.09 bits per heavy atom. The Kier molecular flexibility index (Phi) is 7.26. The monoisotopic (exact) mass is 493 g/mol. The summed E-state index contributed by atoms with van der Waals surface area (Å²) in [7, 11) is 1.70. The van der Waals surface area contributed by atoms with Crippen LogP contribution in [0.2, 0.25) is 5.15 Å². The number of Topliss-reactive ketones (excluding diaryl/α,β-unsaturated/α-hetero) is 1. The first-order valence-corrected chi connectivity index (χ1v) is 11.1. The van der Waals surface area contributed by atoms with E-state index in [4.69, 9.17) is 16.3 Å². The van der Waals surface area contributed by atoms with Gasteiger partial charge in [0.1, 0.15) is 17.1 Å². The van der Waals surface area contributed by atoms with E-state index in [2.05, 4.69) is 20.1 Å². The predicted molar refractivity (Wildman–Crippen MR) is 126 cm³/mol. The van der Waals surface area contributed by atoms with Gasteiger partial charge < -0.3 is 4.74 Å². The summed E-state index contributed by atoms with van der Waals surface area (Å²) in [5.74, 6) is -1.19. The minimum absolute atomic E-state index is 0.0651. The van der Waals surface area contributed by atoms with Gasteiger partial charge in [0.2, 0.25) is 0 Å². The molecule has 0 saturated carbocycles. The van der Waals surface area contributed by atoms with Gasteiger partial charge in [0.25, 0.3) is 0 Å². The van der Waals surface area contributed by atoms with Crippen LogP contribution in [0.25, 0.3) is 11.3 Å². The molecule has 0 spiro atoms. The number of aryl methyl sites for hydroxylation is 1. The molecule has 178 valence electrons. The maximum atomic E-state index is 13.5. The summed E-state index contributed by atoms with van der Waals surface area (Å²) in [6, 6.07) is 8.18. The van der Waals surface area contributed by atoms with E-state index >= 15 is 0 Å². The Bertz CT molecular complexity index is 1360. The number of rotatable bonds is 8. The number of halogens is 2. The molecule has 0 aliphatic heterocycles. The molecular weight excluding hydrogens is 473 g/mol. The average molecular weight is 494 g/mol. The minimum atomic E-state index is -0.793. The van der Waals surface area contributed by atoms with Gasteiger partial charge in [-0.2, -0.15) is 5.10 Å². The second kappa shape index (κ2) is 10.5. The summed E-state index contributed by atoms with van der Waals surface area (Å²) in [6.45, 7) is 1.59. The predicted octanol–water partition coefficient (Wildman–Crippen LogP) is 4.34. The van der Waals surface area contributed by atoms with E-state index < -0.39 is 17.9 Å². The van der Waals surface area contributed by atoms with Crippen molar-refractivity contribution in [2.24, 2.45) is 7.05 Å². The number of carbonyl (C=O) groups excluding carboxylic acids is 2. The molecule has 4 aromatic rings. The second-order valence-corrected chi connectivity index (χ2v) is 8.22. The van der Waals surface area contributed by atoms with Gasteiger partial charge in [0, 0.05) is 48.7 Å². The van der Waals surface area contributed by atoms with Crippen LogP contribution in [0.3, 0.4) is 0 Å². The van der Waals surface area contributed by atoms with E-state index in [0.717, 1.165) is 11.8 Å². The third-order valence-corrected chi connectivity index (χ3v) is 5.74. The molecule has 0 aliphatic carbocycles. The van der Waals surface area contributed by atoms with Gasteiger partial charge in [0.15, 0.2) is 5.78 Å². The largest absolute Gasteiger partial charge is 0.457 e. The van der Waals surface area contributed by atoms with Gasteiger partial charge in [0.05, 0.1) is 30.2 Å². The highest BCUT2D eigenvalue weighted by Gasteiger charge is 2.21. The molecule has 0 N–H and O–H groups in total. The summed E-state index contributed by atoms with van der Waals surface area (Å²) in [6.07, 6.45) is 6.74. The molecule has 0 aromatic carbocycles. The maximum Gasteiger partial charge on any atom is 0.312 e. The number of hydrogen-bond donors (Lipinski definition) is 0. The molecule has 0 saturated heterocycles. The number of hydrogen-bond acceptors (Lipinski definition) is 7. The van der Waals surface area contributed by atoms with Gasteiger partial charge in [-0.15, -0.1) is 0 Å². The number of ether oxygens (including phenoxy) is 1. The summed E-state index contributed by atoms with van der Waals surface area (Å²) < 4.78 is 20.5. The lowest BCUT2D eigenvalue weighted by Crippen LogP contribution is -2.15. The van der Waals surface area contributed by atoms with Crippen molar-refractivity contribution in [2.75, 3.05) is 0 Å². The molecule has 1 atom stereocenters. The quantitative estimate of drug-likeness (QED) is 0.204. The number of nitrogens with zero attached hydrogens (tertiary/aromatic N) is 5. The Labute approximate surface area is 205 Å². The molecule has 10 heteroatoms. The molecule has 0 amide bonds. The van der Waals surface area contributed by atoms with E-state index in [1.807, 2.05) is 0 Å². The van der Waals surface area contributed by atoms with Crippen LogP contribution in [0.1, 0.15) is 40.2 Å². The summed E-state index contributed by atoms with van der Waals surface area (Å²) in [5.41, 5.74) is 3.40. The van der Waals surface area contributed by atoms with Crippen molar-refractivity contribution < 1.29 is 18.7 Å². The highest BCUT2D eigenvalue weighted by molar-refractivity contribution is 6.30. The number of carbonyl (C=O) groups is 2. The van der Waals surface area contributed by atoms with E-state index in [1.165, 1.54) is 12.3 Å². The number of ketones is 1. The molecule has 0 unspecified atom stereocenters. The third kappa shape index (κ3) is 5.75. The average Bonchev–Trinajstić information content (AvgIpc) is 3.21. The fraction of sp³-hybridized carbons (Fsp3) is 0.200. The molecule has 0 radical (unpaired) electrons. The van der Waals surface area contributed by atoms with E-state index in [-0.39, 0.29) is 29.3 Å². The van der Waals surface area contributed by atoms with Gasteiger partial charge in [-0.3, -0.25) is 24.2 Å². The Balaban J connectivity index is 1.46. The van der Waals surface area contributed by atoms with Crippen LogP contribution in [0.15, 0.2) is 61.3 Å². The lowest BCUT2D eigenvalue weighted by atomic mass is 10.0. The Morgan fingerprint density at radius 2 is 1.86 bits per heavy atom. The van der Waals surface area contributed by atoms with Crippen molar-refractivity contribution in [3.63, 3.8) is 0 Å². The van der Waals surface area contributed by atoms with Crippen molar-refractivity contribution in [2.45, 2.75) is 25.9 Å². The van der Waals surface area contributed by atoms with E-state index in [0.29, 0.717) is 22.5 Å². The molecule has 0 fully saturated rings. The van der Waals surface area contributed by atoms with Crippen LogP contribution in [0, 0.1) is 5.82 Å². The summed E-state index contributed by atoms with van der Waals surface area (Å²) in [5, 5.41) is 4.30. The van der Waals surface area contributed by atoms with Crippen molar-refractivity contribution in [1.82, 2.24) is 24.7 Å². The van der Waals surface area contributed by atoms with Crippen LogP contribution in [0.4, 0.5) is 4.39 Å². The lowest BCUT2D eigenvalue weighted by molar-refractivity contribution is -0.147. The summed E-state index contributed by atoms with van der Waals surface area (Å²) in [4.78, 5) is 37.3. The molecule has 8 nitrogen and oxygen atoms in total. The van der Waals surface area contributed by atoms with Gasteiger partial charge >= 0.3 is 5.97 Å². The van der Waals surface area contributed by atoms with Crippen LogP contribution >= 0.6 is 11.6 Å². The zero-order chi connectivity index (χ0) is 24.9. The van der Waals surface area contributed by atoms with Gasteiger partial charge in [-0.05, 0) is 42.8 Å². The number of esters is 1. The van der Waals surface area contributed by atoms with Gasteiger partial charge in [-0.25, -0.2) is 9.37 Å². The van der Waals surface area contributed by atoms with Crippen molar-refractivity contribution in [1.29, 1.82) is 0 Å². The summed E-state index contributed by atoms with van der Waals surface area (Å²) >= 11 is 6.01. The molecule has 0 bridgehead atoms. The molecule has 4 rings (SSSR count). The first kappa shape index (κ1) is 24.2. The van der Waals surface area contributed by atoms with E-state index in [1.54, 1.807) is 61.5 Å².